The van der Waals surface area contributed by atoms with Crippen molar-refractivity contribution in [3.05, 3.63) is 11.8 Å². The number of esters is 1. The molecule has 0 amide bonds. The molecular formula is C12H18O3. The summed E-state index contributed by atoms with van der Waals surface area (Å²) in [6, 6.07) is 0. The van der Waals surface area contributed by atoms with Crippen LogP contribution in [0.2, 0.25) is 0 Å². The maximum absolute atomic E-state index is 11.1. The summed E-state index contributed by atoms with van der Waals surface area (Å²) >= 11 is 0. The van der Waals surface area contributed by atoms with Crippen LogP contribution in [-0.4, -0.2) is 16.7 Å². The first kappa shape index (κ1) is 10.5. The Labute approximate surface area is 90.1 Å². The van der Waals surface area contributed by atoms with E-state index in [1.807, 2.05) is 0 Å². The molecule has 0 unspecified atom stereocenters. The summed E-state index contributed by atoms with van der Waals surface area (Å²) < 4.78 is 5.25. The number of rotatable bonds is 2. The maximum Gasteiger partial charge on any atom is 0.335 e. The summed E-state index contributed by atoms with van der Waals surface area (Å²) in [6.07, 6.45) is 7.35. The number of ether oxygens (including phenoxy) is 1. The second-order valence-electron chi connectivity index (χ2n) is 4.68. The van der Waals surface area contributed by atoms with E-state index in [0.717, 1.165) is 31.6 Å². The molecular weight excluding hydrogens is 192 g/mol. The Hall–Kier alpha value is -0.990. The number of hydrogen-bond donors (Lipinski definition) is 1. The topological polar surface area (TPSA) is 46.5 Å². The van der Waals surface area contributed by atoms with Crippen LogP contribution >= 0.6 is 0 Å². The van der Waals surface area contributed by atoms with E-state index < -0.39 is 5.60 Å². The Morgan fingerprint density at radius 2 is 2.20 bits per heavy atom. The molecule has 1 aliphatic heterocycles. The zero-order chi connectivity index (χ0) is 10.9. The zero-order valence-corrected chi connectivity index (χ0v) is 9.16. The number of carbonyl (C=O) groups excluding carboxylic acids is 1. The van der Waals surface area contributed by atoms with Gasteiger partial charge in [0, 0.05) is 0 Å². The molecule has 1 heterocycles. The van der Waals surface area contributed by atoms with Gasteiger partial charge in [-0.25, -0.2) is 4.79 Å². The molecule has 3 nitrogen and oxygen atoms in total. The molecule has 0 radical (unpaired) electrons. The van der Waals surface area contributed by atoms with Gasteiger partial charge in [-0.1, -0.05) is 19.8 Å². The average Bonchev–Trinajstić information content (AvgIpc) is 2.47. The summed E-state index contributed by atoms with van der Waals surface area (Å²) in [5.41, 5.74) is -0.651. The van der Waals surface area contributed by atoms with Crippen molar-refractivity contribution >= 4 is 5.97 Å². The zero-order valence-electron chi connectivity index (χ0n) is 9.16. The van der Waals surface area contributed by atoms with E-state index in [1.54, 1.807) is 0 Å². The minimum Gasteiger partial charge on any atom is -0.508 e. The van der Waals surface area contributed by atoms with Crippen LogP contribution in [0.3, 0.4) is 0 Å². The number of aliphatic hydroxyl groups excluding tert-OH is 1. The first-order valence-corrected chi connectivity index (χ1v) is 5.80. The Morgan fingerprint density at radius 3 is 2.67 bits per heavy atom. The van der Waals surface area contributed by atoms with Gasteiger partial charge in [0.05, 0.1) is 6.08 Å². The van der Waals surface area contributed by atoms with E-state index in [4.69, 9.17) is 4.74 Å². The molecule has 1 aliphatic carbocycles. The van der Waals surface area contributed by atoms with E-state index in [9.17, 15) is 9.90 Å². The van der Waals surface area contributed by atoms with Gasteiger partial charge in [0.2, 0.25) is 0 Å². The molecule has 1 N–H and O–H groups in total. The molecule has 0 atom stereocenters. The predicted octanol–water partition coefficient (Wildman–Crippen LogP) is 2.71. The smallest absolute Gasteiger partial charge is 0.335 e. The molecule has 0 saturated heterocycles. The van der Waals surface area contributed by atoms with Gasteiger partial charge in [-0.05, 0) is 31.6 Å². The number of aliphatic hydroxyl groups is 1. The van der Waals surface area contributed by atoms with E-state index in [2.05, 4.69) is 6.92 Å². The molecule has 3 heteroatoms. The summed E-state index contributed by atoms with van der Waals surface area (Å²) in [6.45, 7) is 2.19. The van der Waals surface area contributed by atoms with Crippen molar-refractivity contribution in [2.24, 2.45) is 5.92 Å². The fraction of sp³-hybridized carbons (Fsp3) is 0.750. The van der Waals surface area contributed by atoms with Gasteiger partial charge in [-0.2, -0.15) is 0 Å². The highest BCUT2D eigenvalue weighted by Crippen LogP contribution is 2.42. The fourth-order valence-corrected chi connectivity index (χ4v) is 2.72. The Bertz CT molecular complexity index is 285. The first-order chi connectivity index (χ1) is 7.16. The standard InChI is InChI=1S/C12H18O3/c1-2-3-9-4-6-12(7-5-9)10(13)8-11(14)15-12/h8-9,13H,2-7H2,1H3. The van der Waals surface area contributed by atoms with Crippen molar-refractivity contribution in [2.75, 3.05) is 0 Å². The quantitative estimate of drug-likeness (QED) is 0.713. The number of hydrogen-bond acceptors (Lipinski definition) is 3. The Morgan fingerprint density at radius 1 is 1.53 bits per heavy atom. The Balaban J connectivity index is 1.98. The van der Waals surface area contributed by atoms with Crippen LogP contribution in [0.5, 0.6) is 0 Å². The van der Waals surface area contributed by atoms with Gasteiger partial charge in [-0.3, -0.25) is 0 Å². The van der Waals surface area contributed by atoms with Crippen LogP contribution in [-0.2, 0) is 9.53 Å². The molecule has 0 aromatic heterocycles. The summed E-state index contributed by atoms with van der Waals surface area (Å²) in [7, 11) is 0. The number of carbonyl (C=O) groups is 1. The van der Waals surface area contributed by atoms with E-state index in [1.165, 1.54) is 18.9 Å². The highest BCUT2D eigenvalue weighted by atomic mass is 16.6. The molecule has 1 spiro atoms. The van der Waals surface area contributed by atoms with Crippen molar-refractivity contribution in [2.45, 2.75) is 51.0 Å². The minimum atomic E-state index is -0.651. The highest BCUT2D eigenvalue weighted by molar-refractivity contribution is 5.86. The molecule has 15 heavy (non-hydrogen) atoms. The third-order valence-electron chi connectivity index (χ3n) is 3.63. The molecule has 0 aromatic carbocycles. The van der Waals surface area contributed by atoms with Gasteiger partial charge in [0.25, 0.3) is 0 Å². The van der Waals surface area contributed by atoms with E-state index >= 15 is 0 Å². The largest absolute Gasteiger partial charge is 0.508 e. The predicted molar refractivity (Wildman–Crippen MR) is 56.4 cm³/mol. The third-order valence-corrected chi connectivity index (χ3v) is 3.63. The molecule has 0 aromatic rings. The van der Waals surface area contributed by atoms with Crippen LogP contribution in [0.25, 0.3) is 0 Å². The van der Waals surface area contributed by atoms with Crippen LogP contribution in [0.4, 0.5) is 0 Å². The van der Waals surface area contributed by atoms with Gasteiger partial charge in [0.1, 0.15) is 5.76 Å². The third kappa shape index (κ3) is 1.87. The van der Waals surface area contributed by atoms with Crippen molar-refractivity contribution in [3.8, 4) is 0 Å². The van der Waals surface area contributed by atoms with Crippen LogP contribution in [0.15, 0.2) is 11.8 Å². The second-order valence-corrected chi connectivity index (χ2v) is 4.68. The van der Waals surface area contributed by atoms with E-state index in [-0.39, 0.29) is 11.7 Å². The highest BCUT2D eigenvalue weighted by Gasteiger charge is 2.45. The summed E-state index contributed by atoms with van der Waals surface area (Å²) in [4.78, 5) is 11.1. The monoisotopic (exact) mass is 210 g/mol. The maximum atomic E-state index is 11.1. The minimum absolute atomic E-state index is 0.141. The lowest BCUT2D eigenvalue weighted by Crippen LogP contribution is -2.36. The Kier molecular flexibility index (Phi) is 2.72. The van der Waals surface area contributed by atoms with Crippen molar-refractivity contribution in [3.63, 3.8) is 0 Å². The fourth-order valence-electron chi connectivity index (χ4n) is 2.72. The van der Waals surface area contributed by atoms with Crippen LogP contribution < -0.4 is 0 Å². The average molecular weight is 210 g/mol. The molecule has 1 fully saturated rings. The lowest BCUT2D eigenvalue weighted by Gasteiger charge is -2.35. The van der Waals surface area contributed by atoms with Crippen molar-refractivity contribution in [1.29, 1.82) is 0 Å². The molecule has 0 bridgehead atoms. The molecule has 2 aliphatic rings. The molecule has 84 valence electrons. The first-order valence-electron chi connectivity index (χ1n) is 5.80. The SMILES string of the molecule is CCCC1CCC2(CC1)OC(=O)C=C2O. The van der Waals surface area contributed by atoms with Gasteiger partial charge in [0.15, 0.2) is 5.60 Å². The van der Waals surface area contributed by atoms with Crippen molar-refractivity contribution < 1.29 is 14.6 Å². The van der Waals surface area contributed by atoms with Crippen molar-refractivity contribution in [1.82, 2.24) is 0 Å². The second kappa shape index (κ2) is 3.87. The van der Waals surface area contributed by atoms with Crippen LogP contribution in [0.1, 0.15) is 45.4 Å². The van der Waals surface area contributed by atoms with Crippen LogP contribution in [0, 0.1) is 5.92 Å². The molecule has 2 rings (SSSR count). The normalized spacial score (nSPS) is 35.4. The lowest BCUT2D eigenvalue weighted by molar-refractivity contribution is -0.151. The lowest BCUT2D eigenvalue weighted by atomic mass is 9.76. The summed E-state index contributed by atoms with van der Waals surface area (Å²) in [5, 5.41) is 9.71. The van der Waals surface area contributed by atoms with Gasteiger partial charge in [-0.15, -0.1) is 0 Å². The molecule has 1 saturated carbocycles. The van der Waals surface area contributed by atoms with Gasteiger partial charge >= 0.3 is 5.97 Å². The van der Waals surface area contributed by atoms with Gasteiger partial charge < -0.3 is 9.84 Å². The van der Waals surface area contributed by atoms with E-state index in [0.29, 0.717) is 0 Å². The summed E-state index contributed by atoms with van der Waals surface area (Å²) in [5.74, 6) is 0.497.